The van der Waals surface area contributed by atoms with Crippen LogP contribution >= 0.6 is 0 Å². The number of nitrogens with zero attached hydrogens (tertiary/aromatic N) is 2. The van der Waals surface area contributed by atoms with Crippen molar-refractivity contribution in [1.82, 2.24) is 9.55 Å². The first kappa shape index (κ1) is 16.2. The number of nitrogens with two attached hydrogens (primary N) is 1. The van der Waals surface area contributed by atoms with E-state index < -0.39 is 29.1 Å². The van der Waals surface area contributed by atoms with Crippen molar-refractivity contribution in [3.05, 3.63) is 70.0 Å². The van der Waals surface area contributed by atoms with Crippen LogP contribution in [0.5, 0.6) is 0 Å². The lowest BCUT2D eigenvalue weighted by atomic mass is 10.1. The van der Waals surface area contributed by atoms with Gasteiger partial charge in [-0.2, -0.15) is 0 Å². The van der Waals surface area contributed by atoms with Crippen LogP contribution in [0.25, 0.3) is 16.6 Å². The summed E-state index contributed by atoms with van der Waals surface area (Å²) >= 11 is 0. The highest BCUT2D eigenvalue weighted by molar-refractivity contribution is 5.78. The fourth-order valence-corrected chi connectivity index (χ4v) is 2.54. The van der Waals surface area contributed by atoms with Gasteiger partial charge in [0.1, 0.15) is 28.8 Å². The second-order valence-electron chi connectivity index (χ2n) is 5.39. The first-order valence-electron chi connectivity index (χ1n) is 7.35. The molecule has 0 saturated heterocycles. The number of hydrogen-bond donors (Lipinski definition) is 1. The molecule has 0 radical (unpaired) electrons. The molecule has 1 unspecified atom stereocenters. The van der Waals surface area contributed by atoms with E-state index in [1.54, 1.807) is 6.92 Å². The summed E-state index contributed by atoms with van der Waals surface area (Å²) in [6, 6.07) is 5.96. The van der Waals surface area contributed by atoms with E-state index in [2.05, 4.69) is 4.98 Å². The molecule has 124 valence electrons. The molecule has 2 N–H and O–H groups in total. The van der Waals surface area contributed by atoms with Crippen LogP contribution in [0.3, 0.4) is 0 Å². The Morgan fingerprint density at radius 3 is 2.46 bits per heavy atom. The Labute approximate surface area is 135 Å². The number of benzene rings is 2. The van der Waals surface area contributed by atoms with E-state index in [0.29, 0.717) is 12.5 Å². The van der Waals surface area contributed by atoms with Gasteiger partial charge < -0.3 is 5.73 Å². The van der Waals surface area contributed by atoms with Gasteiger partial charge in [0.05, 0.1) is 17.1 Å². The van der Waals surface area contributed by atoms with Gasteiger partial charge in [-0.05, 0) is 30.7 Å². The molecule has 1 heterocycles. The average Bonchev–Trinajstić information content (AvgIpc) is 2.53. The van der Waals surface area contributed by atoms with Crippen molar-refractivity contribution < 1.29 is 13.2 Å². The highest BCUT2D eigenvalue weighted by atomic mass is 19.1. The highest BCUT2D eigenvalue weighted by Gasteiger charge is 2.19. The lowest BCUT2D eigenvalue weighted by Gasteiger charge is -2.17. The van der Waals surface area contributed by atoms with Crippen LogP contribution in [0.4, 0.5) is 13.2 Å². The van der Waals surface area contributed by atoms with Crippen molar-refractivity contribution >= 4 is 10.9 Å². The molecule has 0 aliphatic carbocycles. The quantitative estimate of drug-likeness (QED) is 0.800. The molecule has 1 atom stereocenters. The van der Waals surface area contributed by atoms with E-state index in [9.17, 15) is 18.0 Å². The summed E-state index contributed by atoms with van der Waals surface area (Å²) in [5, 5.41) is 0.00622. The smallest absolute Gasteiger partial charge is 0.266 e. The van der Waals surface area contributed by atoms with Gasteiger partial charge in [0, 0.05) is 6.07 Å². The van der Waals surface area contributed by atoms with Gasteiger partial charge in [-0.15, -0.1) is 0 Å². The lowest BCUT2D eigenvalue weighted by molar-refractivity contribution is 0.575. The lowest BCUT2D eigenvalue weighted by Crippen LogP contribution is -2.28. The third-order valence-electron chi connectivity index (χ3n) is 3.75. The van der Waals surface area contributed by atoms with E-state index in [4.69, 9.17) is 5.73 Å². The number of aromatic nitrogens is 2. The SMILES string of the molecule is CCC(N)c1nc2c(F)cccc2c(=O)n1-c1cc(F)cc(F)c1. The molecule has 0 saturated carbocycles. The number of rotatable bonds is 3. The Kier molecular flexibility index (Phi) is 4.11. The Bertz CT molecular complexity index is 964. The van der Waals surface area contributed by atoms with Gasteiger partial charge in [-0.25, -0.2) is 18.2 Å². The minimum absolute atomic E-state index is 0.00622. The second kappa shape index (κ2) is 6.09. The molecule has 0 spiro atoms. The molecule has 1 aromatic heterocycles. The summed E-state index contributed by atoms with van der Waals surface area (Å²) < 4.78 is 42.2. The number of fused-ring (bicyclic) bond motifs is 1. The van der Waals surface area contributed by atoms with Crippen molar-refractivity contribution in [3.63, 3.8) is 0 Å². The molecule has 2 aromatic carbocycles. The van der Waals surface area contributed by atoms with Gasteiger partial charge in [0.2, 0.25) is 0 Å². The van der Waals surface area contributed by atoms with Gasteiger partial charge in [0.25, 0.3) is 5.56 Å². The maximum atomic E-state index is 14.0. The number of hydrogen-bond acceptors (Lipinski definition) is 3. The zero-order valence-corrected chi connectivity index (χ0v) is 12.8. The Balaban J connectivity index is 2.45. The maximum absolute atomic E-state index is 14.0. The monoisotopic (exact) mass is 333 g/mol. The average molecular weight is 333 g/mol. The molecule has 24 heavy (non-hydrogen) atoms. The van der Waals surface area contributed by atoms with Crippen LogP contribution in [0.15, 0.2) is 41.2 Å². The summed E-state index contributed by atoms with van der Waals surface area (Å²) in [7, 11) is 0. The Hall–Kier alpha value is -2.67. The topological polar surface area (TPSA) is 60.9 Å². The fraction of sp³-hybridized carbons (Fsp3) is 0.176. The van der Waals surface area contributed by atoms with Crippen molar-refractivity contribution in [2.24, 2.45) is 5.73 Å². The highest BCUT2D eigenvalue weighted by Crippen LogP contribution is 2.21. The third kappa shape index (κ3) is 2.67. The second-order valence-corrected chi connectivity index (χ2v) is 5.39. The molecule has 0 aliphatic rings. The van der Waals surface area contributed by atoms with Crippen molar-refractivity contribution in [2.45, 2.75) is 19.4 Å². The van der Waals surface area contributed by atoms with E-state index >= 15 is 0 Å². The number of para-hydroxylation sites is 1. The molecule has 0 bridgehead atoms. The summed E-state index contributed by atoms with van der Waals surface area (Å²) in [6.07, 6.45) is 0.407. The van der Waals surface area contributed by atoms with Gasteiger partial charge in [0.15, 0.2) is 0 Å². The van der Waals surface area contributed by atoms with E-state index in [-0.39, 0.29) is 22.4 Å². The molecule has 0 amide bonds. The predicted molar refractivity (Wildman–Crippen MR) is 84.4 cm³/mol. The first-order valence-corrected chi connectivity index (χ1v) is 7.35. The van der Waals surface area contributed by atoms with E-state index in [0.717, 1.165) is 16.7 Å². The summed E-state index contributed by atoms with van der Waals surface area (Å²) in [5.41, 5.74) is 5.19. The van der Waals surface area contributed by atoms with E-state index in [1.807, 2.05) is 0 Å². The minimum atomic E-state index is -0.841. The maximum Gasteiger partial charge on any atom is 0.266 e. The van der Waals surface area contributed by atoms with Crippen molar-refractivity contribution in [1.29, 1.82) is 0 Å². The van der Waals surface area contributed by atoms with Crippen molar-refractivity contribution in [3.8, 4) is 5.69 Å². The zero-order chi connectivity index (χ0) is 17.4. The molecule has 3 aromatic rings. The Morgan fingerprint density at radius 2 is 1.83 bits per heavy atom. The molecular formula is C17H14F3N3O. The Morgan fingerprint density at radius 1 is 1.17 bits per heavy atom. The predicted octanol–water partition coefficient (Wildman–Crippen LogP) is 3.21. The zero-order valence-electron chi connectivity index (χ0n) is 12.8. The van der Waals surface area contributed by atoms with Crippen LogP contribution in [0.2, 0.25) is 0 Å². The minimum Gasteiger partial charge on any atom is -0.321 e. The van der Waals surface area contributed by atoms with Gasteiger partial charge in [-0.3, -0.25) is 9.36 Å². The molecule has 0 fully saturated rings. The summed E-state index contributed by atoms with van der Waals surface area (Å²) in [6.45, 7) is 1.76. The third-order valence-corrected chi connectivity index (χ3v) is 3.75. The van der Waals surface area contributed by atoms with Crippen LogP contribution in [0.1, 0.15) is 25.2 Å². The van der Waals surface area contributed by atoms with Gasteiger partial charge in [-0.1, -0.05) is 13.0 Å². The number of halogens is 3. The molecule has 4 nitrogen and oxygen atoms in total. The van der Waals surface area contributed by atoms with Crippen LogP contribution in [-0.4, -0.2) is 9.55 Å². The van der Waals surface area contributed by atoms with Gasteiger partial charge >= 0.3 is 0 Å². The fourth-order valence-electron chi connectivity index (χ4n) is 2.54. The van der Waals surface area contributed by atoms with Crippen molar-refractivity contribution in [2.75, 3.05) is 0 Å². The van der Waals surface area contributed by atoms with E-state index in [1.165, 1.54) is 18.2 Å². The molecular weight excluding hydrogens is 319 g/mol. The molecule has 7 heteroatoms. The summed E-state index contributed by atoms with van der Waals surface area (Å²) in [4.78, 5) is 17.0. The standard InChI is InChI=1S/C17H14F3N3O/c1-2-14(21)16-22-15-12(4-3-5-13(15)20)17(24)23(16)11-7-9(18)6-10(19)8-11/h3-8,14H,2,21H2,1H3. The molecule has 0 aliphatic heterocycles. The largest absolute Gasteiger partial charge is 0.321 e. The van der Waals surface area contributed by atoms with Crippen LogP contribution < -0.4 is 11.3 Å². The normalized spacial score (nSPS) is 12.5. The summed E-state index contributed by atoms with van der Waals surface area (Å²) in [5.74, 6) is -2.30. The van der Waals surface area contributed by atoms with Crippen LogP contribution in [0, 0.1) is 17.5 Å². The van der Waals surface area contributed by atoms with Crippen LogP contribution in [-0.2, 0) is 0 Å². The molecule has 3 rings (SSSR count). The first-order chi connectivity index (χ1) is 11.4.